The monoisotopic (exact) mass is 268 g/mol. The van der Waals surface area contributed by atoms with Crippen molar-refractivity contribution < 1.29 is 0 Å². The molecule has 2 N–H and O–H groups in total. The van der Waals surface area contributed by atoms with Gasteiger partial charge in [0, 0.05) is 25.7 Å². The van der Waals surface area contributed by atoms with E-state index in [2.05, 4.69) is 73.3 Å². The lowest BCUT2D eigenvalue weighted by molar-refractivity contribution is 0.203. The summed E-state index contributed by atoms with van der Waals surface area (Å²) >= 11 is 0. The van der Waals surface area contributed by atoms with Crippen molar-refractivity contribution in [3.63, 3.8) is 0 Å². The predicted molar refractivity (Wildman–Crippen MR) is 85.2 cm³/mol. The van der Waals surface area contributed by atoms with Crippen molar-refractivity contribution in [3.05, 3.63) is 71.3 Å². The molecule has 2 nitrogen and oxygen atoms in total. The molecule has 0 aromatic heterocycles. The highest BCUT2D eigenvalue weighted by Crippen LogP contribution is 2.14. The van der Waals surface area contributed by atoms with Crippen LogP contribution >= 0.6 is 0 Å². The van der Waals surface area contributed by atoms with Crippen LogP contribution in [0, 0.1) is 0 Å². The van der Waals surface area contributed by atoms with E-state index >= 15 is 0 Å². The second-order valence-electron chi connectivity index (χ2n) is 5.51. The Morgan fingerprint density at radius 2 is 1.45 bits per heavy atom. The SMILES string of the molecule is CC(C)N(Cc1ccccc1)Cc1cccc(CN)c1. The molecule has 20 heavy (non-hydrogen) atoms. The third-order valence-corrected chi connectivity index (χ3v) is 3.57. The first kappa shape index (κ1) is 14.8. The van der Waals surface area contributed by atoms with E-state index in [0.29, 0.717) is 12.6 Å². The number of hydrogen-bond acceptors (Lipinski definition) is 2. The van der Waals surface area contributed by atoms with Crippen LogP contribution < -0.4 is 5.73 Å². The van der Waals surface area contributed by atoms with Gasteiger partial charge in [0.05, 0.1) is 0 Å². The molecule has 2 aromatic carbocycles. The lowest BCUT2D eigenvalue weighted by Crippen LogP contribution is -2.29. The quantitative estimate of drug-likeness (QED) is 0.868. The van der Waals surface area contributed by atoms with E-state index < -0.39 is 0 Å². The molecule has 0 bridgehead atoms. The van der Waals surface area contributed by atoms with Crippen LogP contribution in [0.2, 0.25) is 0 Å². The number of rotatable bonds is 6. The zero-order valence-electron chi connectivity index (χ0n) is 12.4. The molecule has 0 aliphatic rings. The molecule has 106 valence electrons. The van der Waals surface area contributed by atoms with Gasteiger partial charge < -0.3 is 5.73 Å². The van der Waals surface area contributed by atoms with Gasteiger partial charge in [0.15, 0.2) is 0 Å². The highest BCUT2D eigenvalue weighted by atomic mass is 15.1. The van der Waals surface area contributed by atoms with E-state index in [4.69, 9.17) is 5.73 Å². The normalized spacial score (nSPS) is 11.2. The molecule has 0 saturated heterocycles. The summed E-state index contributed by atoms with van der Waals surface area (Å²) in [5.74, 6) is 0. The summed E-state index contributed by atoms with van der Waals surface area (Å²) in [6.45, 7) is 7.03. The Labute approximate surface area is 122 Å². The first-order valence-corrected chi connectivity index (χ1v) is 7.25. The molecule has 0 fully saturated rings. The largest absolute Gasteiger partial charge is 0.326 e. The molecule has 2 rings (SSSR count). The van der Waals surface area contributed by atoms with Crippen molar-refractivity contribution in [2.75, 3.05) is 0 Å². The van der Waals surface area contributed by atoms with E-state index in [-0.39, 0.29) is 0 Å². The number of nitrogens with zero attached hydrogens (tertiary/aromatic N) is 1. The minimum atomic E-state index is 0.511. The van der Waals surface area contributed by atoms with Gasteiger partial charge in [0.1, 0.15) is 0 Å². The van der Waals surface area contributed by atoms with Gasteiger partial charge in [0.25, 0.3) is 0 Å². The van der Waals surface area contributed by atoms with Crippen molar-refractivity contribution in [1.29, 1.82) is 0 Å². The van der Waals surface area contributed by atoms with Gasteiger partial charge in [-0.25, -0.2) is 0 Å². The van der Waals surface area contributed by atoms with Crippen LogP contribution in [0.3, 0.4) is 0 Å². The molecule has 0 saturated carbocycles. The van der Waals surface area contributed by atoms with Crippen LogP contribution in [-0.2, 0) is 19.6 Å². The third-order valence-electron chi connectivity index (χ3n) is 3.57. The Kier molecular flexibility index (Phi) is 5.33. The summed E-state index contributed by atoms with van der Waals surface area (Å²) in [5, 5.41) is 0. The number of nitrogens with two attached hydrogens (primary N) is 1. The van der Waals surface area contributed by atoms with Gasteiger partial charge in [-0.2, -0.15) is 0 Å². The fourth-order valence-corrected chi connectivity index (χ4v) is 2.33. The molecule has 0 atom stereocenters. The van der Waals surface area contributed by atoms with E-state index in [0.717, 1.165) is 13.1 Å². The fourth-order valence-electron chi connectivity index (χ4n) is 2.33. The highest BCUT2D eigenvalue weighted by Gasteiger charge is 2.11. The molecule has 2 heteroatoms. The molecular weight excluding hydrogens is 244 g/mol. The first-order valence-electron chi connectivity index (χ1n) is 7.25. The summed E-state index contributed by atoms with van der Waals surface area (Å²) in [4.78, 5) is 2.48. The van der Waals surface area contributed by atoms with Crippen LogP contribution in [0.4, 0.5) is 0 Å². The molecule has 0 spiro atoms. The van der Waals surface area contributed by atoms with Crippen LogP contribution in [0.1, 0.15) is 30.5 Å². The second kappa shape index (κ2) is 7.22. The van der Waals surface area contributed by atoms with Crippen LogP contribution in [0.5, 0.6) is 0 Å². The third kappa shape index (κ3) is 4.19. The average molecular weight is 268 g/mol. The molecule has 0 radical (unpaired) electrons. The zero-order valence-corrected chi connectivity index (χ0v) is 12.4. The minimum absolute atomic E-state index is 0.511. The standard InChI is InChI=1S/C18H24N2/c1-15(2)20(13-16-7-4-3-5-8-16)14-18-10-6-9-17(11-18)12-19/h3-11,15H,12-14,19H2,1-2H3. The second-order valence-corrected chi connectivity index (χ2v) is 5.51. The maximum absolute atomic E-state index is 5.72. The van der Waals surface area contributed by atoms with E-state index in [9.17, 15) is 0 Å². The van der Waals surface area contributed by atoms with E-state index in [1.54, 1.807) is 0 Å². The summed E-state index contributed by atoms with van der Waals surface area (Å²) in [6.07, 6.45) is 0. The van der Waals surface area contributed by atoms with Crippen LogP contribution in [0.15, 0.2) is 54.6 Å². The van der Waals surface area contributed by atoms with Crippen LogP contribution in [-0.4, -0.2) is 10.9 Å². The van der Waals surface area contributed by atoms with E-state index in [1.165, 1.54) is 16.7 Å². The Bertz CT molecular complexity index is 520. The van der Waals surface area contributed by atoms with Crippen molar-refractivity contribution in [3.8, 4) is 0 Å². The molecule has 0 heterocycles. The summed E-state index contributed by atoms with van der Waals surface area (Å²) < 4.78 is 0. The van der Waals surface area contributed by atoms with Gasteiger partial charge >= 0.3 is 0 Å². The smallest absolute Gasteiger partial charge is 0.0240 e. The molecular formula is C18H24N2. The van der Waals surface area contributed by atoms with Crippen LogP contribution in [0.25, 0.3) is 0 Å². The molecule has 0 aliphatic carbocycles. The zero-order chi connectivity index (χ0) is 14.4. The summed E-state index contributed by atoms with van der Waals surface area (Å²) in [7, 11) is 0. The number of hydrogen-bond donors (Lipinski definition) is 1. The maximum Gasteiger partial charge on any atom is 0.0240 e. The molecule has 2 aromatic rings. The van der Waals surface area contributed by atoms with Gasteiger partial charge in [-0.3, -0.25) is 4.90 Å². The van der Waals surface area contributed by atoms with Gasteiger partial charge in [-0.15, -0.1) is 0 Å². The molecule has 0 amide bonds. The van der Waals surface area contributed by atoms with Crippen molar-refractivity contribution in [1.82, 2.24) is 4.90 Å². The Hall–Kier alpha value is -1.64. The fraction of sp³-hybridized carbons (Fsp3) is 0.333. The minimum Gasteiger partial charge on any atom is -0.326 e. The maximum atomic E-state index is 5.72. The lowest BCUT2D eigenvalue weighted by Gasteiger charge is -2.27. The predicted octanol–water partition coefficient (Wildman–Crippen LogP) is 3.56. The van der Waals surface area contributed by atoms with Crippen molar-refractivity contribution in [2.45, 2.75) is 39.5 Å². The number of benzene rings is 2. The highest BCUT2D eigenvalue weighted by molar-refractivity contribution is 5.23. The molecule has 0 aliphatic heterocycles. The van der Waals surface area contributed by atoms with E-state index in [1.807, 2.05) is 0 Å². The van der Waals surface area contributed by atoms with Gasteiger partial charge in [-0.1, -0.05) is 54.6 Å². The Morgan fingerprint density at radius 1 is 0.850 bits per heavy atom. The van der Waals surface area contributed by atoms with Crippen molar-refractivity contribution >= 4 is 0 Å². The van der Waals surface area contributed by atoms with Crippen molar-refractivity contribution in [2.24, 2.45) is 5.73 Å². The first-order chi connectivity index (χ1) is 9.69. The topological polar surface area (TPSA) is 29.3 Å². The Morgan fingerprint density at radius 3 is 2.10 bits per heavy atom. The Balaban J connectivity index is 2.09. The summed E-state index contributed by atoms with van der Waals surface area (Å²) in [6, 6.07) is 19.7. The summed E-state index contributed by atoms with van der Waals surface area (Å²) in [5.41, 5.74) is 9.61. The average Bonchev–Trinajstić information content (AvgIpc) is 2.48. The van der Waals surface area contributed by atoms with Gasteiger partial charge in [-0.05, 0) is 30.5 Å². The molecule has 0 unspecified atom stereocenters. The van der Waals surface area contributed by atoms with Gasteiger partial charge in [0.2, 0.25) is 0 Å². The lowest BCUT2D eigenvalue weighted by atomic mass is 10.1.